The fourth-order valence-corrected chi connectivity index (χ4v) is 2.11. The van der Waals surface area contributed by atoms with Gasteiger partial charge in [-0.05, 0) is 26.8 Å². The van der Waals surface area contributed by atoms with Crippen LogP contribution in [0.3, 0.4) is 0 Å². The Bertz CT molecular complexity index is 560. The first-order valence-corrected chi connectivity index (χ1v) is 6.18. The predicted octanol–water partition coefficient (Wildman–Crippen LogP) is 1.18. The van der Waals surface area contributed by atoms with Crippen LogP contribution in [0, 0.1) is 20.8 Å². The molecule has 2 aromatic rings. The molecule has 1 N–H and O–H groups in total. The van der Waals surface area contributed by atoms with Crippen molar-refractivity contribution in [1.82, 2.24) is 24.0 Å². The third-order valence-corrected chi connectivity index (χ3v) is 2.92. The first-order valence-electron chi connectivity index (χ1n) is 5.45. The second kappa shape index (κ2) is 5.18. The summed E-state index contributed by atoms with van der Waals surface area (Å²) in [6.45, 7) is 5.84. The van der Waals surface area contributed by atoms with Crippen molar-refractivity contribution in [2.24, 2.45) is 0 Å². The van der Waals surface area contributed by atoms with Crippen molar-refractivity contribution in [1.29, 1.82) is 0 Å². The van der Waals surface area contributed by atoms with Crippen LogP contribution in [0.4, 0.5) is 0 Å². The Kier molecular flexibility index (Phi) is 3.61. The number of nitrogens with zero attached hydrogens (tertiary/aromatic N) is 4. The minimum atomic E-state index is -0.246. The topological polar surface area (TPSA) is 80.7 Å². The number of hydrogen-bond acceptors (Lipinski definition) is 6. The quantitative estimate of drug-likeness (QED) is 0.899. The molecule has 0 atom stereocenters. The number of hydrogen-bond donors (Lipinski definition) is 1. The molecule has 0 aliphatic heterocycles. The second-order valence-electron chi connectivity index (χ2n) is 3.95. The highest BCUT2D eigenvalue weighted by atomic mass is 32.1. The van der Waals surface area contributed by atoms with E-state index in [0.717, 1.165) is 23.1 Å². The number of aryl methyl sites for hydroxylation is 3. The average Bonchev–Trinajstić information content (AvgIpc) is 2.71. The van der Waals surface area contributed by atoms with E-state index in [4.69, 9.17) is 0 Å². The largest absolute Gasteiger partial charge is 0.343 e. The molecule has 0 aliphatic carbocycles. The Hall–Kier alpha value is -1.89. The van der Waals surface area contributed by atoms with E-state index in [1.165, 1.54) is 0 Å². The molecule has 0 unspecified atom stereocenters. The highest BCUT2D eigenvalue weighted by molar-refractivity contribution is 6.99. The van der Waals surface area contributed by atoms with Crippen LogP contribution in [0.5, 0.6) is 0 Å². The zero-order chi connectivity index (χ0) is 13.1. The van der Waals surface area contributed by atoms with Crippen molar-refractivity contribution < 1.29 is 4.79 Å². The maximum Gasteiger partial charge on any atom is 0.273 e. The van der Waals surface area contributed by atoms with Gasteiger partial charge in [-0.1, -0.05) is 0 Å². The van der Waals surface area contributed by atoms with E-state index in [9.17, 15) is 4.79 Å². The Morgan fingerprint density at radius 1 is 1.22 bits per heavy atom. The van der Waals surface area contributed by atoms with Crippen molar-refractivity contribution in [2.45, 2.75) is 27.3 Å². The molecule has 0 radical (unpaired) electrons. The van der Waals surface area contributed by atoms with Gasteiger partial charge >= 0.3 is 0 Å². The Morgan fingerprint density at radius 2 is 1.89 bits per heavy atom. The normalized spacial score (nSPS) is 10.4. The number of carbonyl (C=O) groups is 1. The summed E-state index contributed by atoms with van der Waals surface area (Å²) >= 11 is 1.03. The highest BCUT2D eigenvalue weighted by Crippen LogP contribution is 2.04. The first-order chi connectivity index (χ1) is 8.56. The lowest BCUT2D eigenvalue weighted by molar-refractivity contribution is 0.0945. The van der Waals surface area contributed by atoms with E-state index in [1.54, 1.807) is 6.92 Å². The van der Waals surface area contributed by atoms with Crippen molar-refractivity contribution in [3.63, 3.8) is 0 Å². The van der Waals surface area contributed by atoms with Crippen LogP contribution in [0.2, 0.25) is 0 Å². The third-order valence-electron chi connectivity index (χ3n) is 2.30. The zero-order valence-electron chi connectivity index (χ0n) is 10.4. The van der Waals surface area contributed by atoms with Crippen LogP contribution in [0.25, 0.3) is 0 Å². The lowest BCUT2D eigenvalue weighted by Gasteiger charge is -2.04. The first kappa shape index (κ1) is 12.6. The van der Waals surface area contributed by atoms with Gasteiger partial charge in [0.05, 0.1) is 24.0 Å². The van der Waals surface area contributed by atoms with E-state index < -0.39 is 0 Å². The predicted molar refractivity (Wildman–Crippen MR) is 67.3 cm³/mol. The van der Waals surface area contributed by atoms with Gasteiger partial charge in [0.1, 0.15) is 5.82 Å². The minimum absolute atomic E-state index is 0.246. The monoisotopic (exact) mass is 263 g/mol. The second-order valence-corrected chi connectivity index (χ2v) is 4.48. The maximum absolute atomic E-state index is 11.8. The number of rotatable bonds is 3. The maximum atomic E-state index is 11.8. The third kappa shape index (κ3) is 2.86. The lowest BCUT2D eigenvalue weighted by Crippen LogP contribution is -2.25. The molecule has 18 heavy (non-hydrogen) atoms. The molecule has 94 valence electrons. The van der Waals surface area contributed by atoms with Crippen molar-refractivity contribution >= 4 is 17.6 Å². The number of nitrogens with one attached hydrogen (secondary N) is 1. The molecule has 0 spiro atoms. The molecule has 2 rings (SSSR count). The van der Waals surface area contributed by atoms with Crippen LogP contribution >= 0.6 is 11.7 Å². The summed E-state index contributed by atoms with van der Waals surface area (Å²) in [6, 6.07) is 1.89. The molecule has 0 aromatic carbocycles. The SMILES string of the molecule is Cc1cc(C)nc(CNC(=O)c2nsnc2C)n1. The minimum Gasteiger partial charge on any atom is -0.343 e. The smallest absolute Gasteiger partial charge is 0.273 e. The number of carbonyl (C=O) groups excluding carboxylic acids is 1. The molecule has 6 nitrogen and oxygen atoms in total. The molecule has 1 amide bonds. The summed E-state index contributed by atoms with van der Waals surface area (Å²) in [6.07, 6.45) is 0. The van der Waals surface area contributed by atoms with E-state index >= 15 is 0 Å². The van der Waals surface area contributed by atoms with Gasteiger partial charge in [-0.15, -0.1) is 0 Å². The molecule has 2 aromatic heterocycles. The number of aromatic nitrogens is 4. The molecule has 7 heteroatoms. The molecule has 2 heterocycles. The zero-order valence-corrected chi connectivity index (χ0v) is 11.2. The summed E-state index contributed by atoms with van der Waals surface area (Å²) in [5, 5.41) is 2.74. The fourth-order valence-electron chi connectivity index (χ4n) is 1.56. The van der Waals surface area contributed by atoms with Gasteiger partial charge in [0, 0.05) is 11.4 Å². The number of amides is 1. The van der Waals surface area contributed by atoms with Gasteiger partial charge in [-0.3, -0.25) is 4.79 Å². The van der Waals surface area contributed by atoms with Crippen LogP contribution in [-0.2, 0) is 6.54 Å². The summed E-state index contributed by atoms with van der Waals surface area (Å²) in [4.78, 5) is 20.3. The average molecular weight is 263 g/mol. The van der Waals surface area contributed by atoms with Crippen LogP contribution in [0.1, 0.15) is 33.4 Å². The van der Waals surface area contributed by atoms with Gasteiger partial charge in [-0.25, -0.2) is 9.97 Å². The standard InChI is InChI=1S/C11H13N5OS/c1-6-4-7(2)14-9(13-6)5-12-11(17)10-8(3)15-18-16-10/h4H,5H2,1-3H3,(H,12,17). The van der Waals surface area contributed by atoms with Crippen LogP contribution < -0.4 is 5.32 Å². The molecule has 0 bridgehead atoms. The lowest BCUT2D eigenvalue weighted by atomic mass is 10.3. The Labute approximate surface area is 109 Å². The van der Waals surface area contributed by atoms with Crippen LogP contribution in [-0.4, -0.2) is 24.6 Å². The van der Waals surface area contributed by atoms with E-state index in [1.807, 2.05) is 19.9 Å². The van der Waals surface area contributed by atoms with Gasteiger partial charge in [-0.2, -0.15) is 8.75 Å². The molecular weight excluding hydrogens is 250 g/mol. The summed E-state index contributed by atoms with van der Waals surface area (Å²) in [5.74, 6) is 0.353. The molecule has 0 saturated heterocycles. The molecule has 0 saturated carbocycles. The molecule has 0 fully saturated rings. The summed E-state index contributed by atoms with van der Waals surface area (Å²) < 4.78 is 7.90. The van der Waals surface area contributed by atoms with Gasteiger partial charge in [0.2, 0.25) is 0 Å². The van der Waals surface area contributed by atoms with Gasteiger partial charge in [0.15, 0.2) is 5.69 Å². The molecule has 0 aliphatic rings. The van der Waals surface area contributed by atoms with Gasteiger partial charge < -0.3 is 5.32 Å². The van der Waals surface area contributed by atoms with E-state index in [-0.39, 0.29) is 5.91 Å². The van der Waals surface area contributed by atoms with Crippen molar-refractivity contribution in [2.75, 3.05) is 0 Å². The van der Waals surface area contributed by atoms with Gasteiger partial charge in [0.25, 0.3) is 5.91 Å². The van der Waals surface area contributed by atoms with E-state index in [0.29, 0.717) is 23.8 Å². The summed E-state index contributed by atoms with van der Waals surface area (Å²) in [5.41, 5.74) is 2.78. The van der Waals surface area contributed by atoms with Crippen LogP contribution in [0.15, 0.2) is 6.07 Å². The van der Waals surface area contributed by atoms with Crippen molar-refractivity contribution in [3.8, 4) is 0 Å². The fraction of sp³-hybridized carbons (Fsp3) is 0.364. The summed E-state index contributed by atoms with van der Waals surface area (Å²) in [7, 11) is 0. The molecular formula is C11H13N5OS. The van der Waals surface area contributed by atoms with Crippen molar-refractivity contribution in [3.05, 3.63) is 34.7 Å². The highest BCUT2D eigenvalue weighted by Gasteiger charge is 2.13. The van der Waals surface area contributed by atoms with E-state index in [2.05, 4.69) is 24.0 Å². The Morgan fingerprint density at radius 3 is 2.44 bits per heavy atom. The Balaban J connectivity index is 2.04.